The molecule has 0 spiro atoms. The molecule has 0 atom stereocenters. The van der Waals surface area contributed by atoms with E-state index in [1.165, 1.54) is 81.3 Å². The lowest BCUT2D eigenvalue weighted by molar-refractivity contribution is 0.796. The summed E-state index contributed by atoms with van der Waals surface area (Å²) in [7, 11) is 0. The minimum atomic E-state index is 0.877. The van der Waals surface area contributed by atoms with Crippen LogP contribution >= 0.6 is 0 Å². The maximum atomic E-state index is 5.01. The molecule has 2 nitrogen and oxygen atoms in total. The van der Waals surface area contributed by atoms with Crippen LogP contribution in [0.3, 0.4) is 0 Å². The van der Waals surface area contributed by atoms with Gasteiger partial charge in [0, 0.05) is 12.1 Å². The molecular weight excluding hydrogens is 544 g/mol. The Balaban J connectivity index is 1.30. The molecule has 210 valence electrons. The number of imidazole rings is 1. The molecule has 0 fully saturated rings. The second-order valence-electron chi connectivity index (χ2n) is 12.2. The lowest BCUT2D eigenvalue weighted by Gasteiger charge is -2.18. The largest absolute Gasteiger partial charge is 0.324 e. The Labute approximate surface area is 260 Å². The van der Waals surface area contributed by atoms with Crippen molar-refractivity contribution >= 4 is 75.7 Å². The van der Waals surface area contributed by atoms with Gasteiger partial charge in [-0.05, 0) is 101 Å². The smallest absolute Gasteiger partial charge is 0.141 e. The van der Waals surface area contributed by atoms with E-state index in [2.05, 4.69) is 151 Å². The molecule has 0 amide bonds. The maximum absolute atomic E-state index is 5.01. The van der Waals surface area contributed by atoms with Crippen LogP contribution in [0.1, 0.15) is 6.92 Å². The third-order valence-electron chi connectivity index (χ3n) is 9.89. The highest BCUT2D eigenvalue weighted by atomic mass is 15.1. The zero-order chi connectivity index (χ0) is 29.6. The Morgan fingerprint density at radius 1 is 0.467 bits per heavy atom. The van der Waals surface area contributed by atoms with E-state index in [4.69, 9.17) is 4.98 Å². The van der Waals surface area contributed by atoms with Crippen LogP contribution < -0.4 is 0 Å². The lowest BCUT2D eigenvalue weighted by atomic mass is 9.85. The normalized spacial score (nSPS) is 12.2. The summed E-state index contributed by atoms with van der Waals surface area (Å²) in [6, 6.07) is 51.6. The van der Waals surface area contributed by atoms with Gasteiger partial charge >= 0.3 is 0 Å². The highest BCUT2D eigenvalue weighted by Crippen LogP contribution is 2.45. The number of fused-ring (bicyclic) bond motifs is 3. The van der Waals surface area contributed by atoms with Gasteiger partial charge in [-0.2, -0.15) is 0 Å². The molecule has 0 N–H and O–H groups in total. The number of hydrogen-bond donors (Lipinski definition) is 0. The summed E-state index contributed by atoms with van der Waals surface area (Å²) in [6.07, 6.45) is 0. The Hall–Kier alpha value is -5.73. The summed E-state index contributed by atoms with van der Waals surface area (Å²) in [5.41, 5.74) is 5.82. The van der Waals surface area contributed by atoms with Crippen molar-refractivity contribution < 1.29 is 0 Å². The fourth-order valence-corrected chi connectivity index (χ4v) is 7.96. The second-order valence-corrected chi connectivity index (χ2v) is 12.2. The first-order valence-electron chi connectivity index (χ1n) is 15.8. The standard InChI is InChI=1S/C43H28N2/c1-2-45-38-18-4-3-17-37(38)44-43(45)29-23-19-26(20-24-29)36-25-30-11-7-14-32-31-12-5-9-27-21-22-28-10-6-13-33(40(28)39(27)31)34-15-8-16-35(36)42(34)41(30)32/h3-25H,2H2,1H3. The molecule has 0 saturated carbocycles. The summed E-state index contributed by atoms with van der Waals surface area (Å²) in [4.78, 5) is 5.01. The lowest BCUT2D eigenvalue weighted by Crippen LogP contribution is -1.97. The molecule has 10 rings (SSSR count). The summed E-state index contributed by atoms with van der Waals surface area (Å²) < 4.78 is 2.31. The molecule has 2 heteroatoms. The highest BCUT2D eigenvalue weighted by molar-refractivity contribution is 6.37. The third-order valence-corrected chi connectivity index (χ3v) is 9.89. The first kappa shape index (κ1) is 24.7. The van der Waals surface area contributed by atoms with Gasteiger partial charge in [0.25, 0.3) is 0 Å². The van der Waals surface area contributed by atoms with Crippen molar-refractivity contribution in [1.29, 1.82) is 0 Å². The number of aromatic nitrogens is 2. The van der Waals surface area contributed by atoms with E-state index in [9.17, 15) is 0 Å². The van der Waals surface area contributed by atoms with Gasteiger partial charge in [-0.1, -0.05) is 121 Å². The van der Waals surface area contributed by atoms with Gasteiger partial charge in [0.15, 0.2) is 0 Å². The molecular formula is C43H28N2. The van der Waals surface area contributed by atoms with Crippen molar-refractivity contribution in [3.8, 4) is 22.5 Å². The van der Waals surface area contributed by atoms with Crippen LogP contribution in [0, 0.1) is 0 Å². The molecule has 10 aromatic rings. The molecule has 9 aromatic carbocycles. The number of rotatable bonds is 3. The van der Waals surface area contributed by atoms with E-state index >= 15 is 0 Å². The molecule has 0 aliphatic rings. The number of para-hydroxylation sites is 2. The number of hydrogen-bond acceptors (Lipinski definition) is 1. The summed E-state index contributed by atoms with van der Waals surface area (Å²) in [6.45, 7) is 3.06. The van der Waals surface area contributed by atoms with Gasteiger partial charge in [-0.3, -0.25) is 0 Å². The molecule has 0 radical (unpaired) electrons. The van der Waals surface area contributed by atoms with Gasteiger partial charge in [-0.15, -0.1) is 0 Å². The molecule has 1 heterocycles. The zero-order valence-electron chi connectivity index (χ0n) is 24.9. The van der Waals surface area contributed by atoms with E-state index in [1.807, 2.05) is 0 Å². The van der Waals surface area contributed by atoms with Crippen molar-refractivity contribution in [1.82, 2.24) is 9.55 Å². The maximum Gasteiger partial charge on any atom is 0.141 e. The number of nitrogens with zero attached hydrogens (tertiary/aromatic N) is 2. The van der Waals surface area contributed by atoms with Crippen molar-refractivity contribution in [3.63, 3.8) is 0 Å². The Kier molecular flexibility index (Phi) is 5.01. The van der Waals surface area contributed by atoms with Crippen LogP contribution in [0.15, 0.2) is 140 Å². The highest BCUT2D eigenvalue weighted by Gasteiger charge is 2.18. The van der Waals surface area contributed by atoms with Crippen molar-refractivity contribution in [3.05, 3.63) is 140 Å². The topological polar surface area (TPSA) is 17.8 Å². The third kappa shape index (κ3) is 3.37. The molecule has 45 heavy (non-hydrogen) atoms. The average Bonchev–Trinajstić information content (AvgIpc) is 3.48. The molecule has 0 bridgehead atoms. The SMILES string of the molecule is CCn1c(-c2ccc(-c3cc4cccc5c6cccc7ccc8cccc(c9cccc3c9c45)c8c76)cc2)nc2ccccc21. The van der Waals surface area contributed by atoms with Gasteiger partial charge in [0.1, 0.15) is 5.82 Å². The zero-order valence-corrected chi connectivity index (χ0v) is 24.9. The van der Waals surface area contributed by atoms with E-state index in [-0.39, 0.29) is 0 Å². The van der Waals surface area contributed by atoms with Crippen molar-refractivity contribution in [2.75, 3.05) is 0 Å². The van der Waals surface area contributed by atoms with Gasteiger partial charge in [0.2, 0.25) is 0 Å². The summed E-state index contributed by atoms with van der Waals surface area (Å²) >= 11 is 0. The Bertz CT molecular complexity index is 2780. The minimum absolute atomic E-state index is 0.877. The van der Waals surface area contributed by atoms with Crippen LogP contribution in [-0.4, -0.2) is 9.55 Å². The van der Waals surface area contributed by atoms with Crippen LogP contribution in [0.4, 0.5) is 0 Å². The van der Waals surface area contributed by atoms with E-state index in [0.717, 1.165) is 23.4 Å². The van der Waals surface area contributed by atoms with Crippen LogP contribution in [0.2, 0.25) is 0 Å². The monoisotopic (exact) mass is 572 g/mol. The Morgan fingerprint density at radius 2 is 1.00 bits per heavy atom. The van der Waals surface area contributed by atoms with Crippen LogP contribution in [0.25, 0.3) is 98.2 Å². The van der Waals surface area contributed by atoms with Gasteiger partial charge < -0.3 is 4.57 Å². The number of benzene rings is 8. The first-order chi connectivity index (χ1) is 22.3. The molecule has 0 aliphatic heterocycles. The summed E-state index contributed by atoms with van der Waals surface area (Å²) in [5, 5.41) is 15.7. The van der Waals surface area contributed by atoms with Gasteiger partial charge in [-0.25, -0.2) is 4.98 Å². The molecule has 0 saturated heterocycles. The van der Waals surface area contributed by atoms with Gasteiger partial charge in [0.05, 0.1) is 11.0 Å². The fraction of sp³-hybridized carbons (Fsp3) is 0.0465. The fourth-order valence-electron chi connectivity index (χ4n) is 7.96. The predicted octanol–water partition coefficient (Wildman–Crippen LogP) is 11.7. The minimum Gasteiger partial charge on any atom is -0.324 e. The van der Waals surface area contributed by atoms with E-state index in [1.54, 1.807) is 0 Å². The molecule has 0 unspecified atom stereocenters. The predicted molar refractivity (Wildman–Crippen MR) is 193 cm³/mol. The van der Waals surface area contributed by atoms with Crippen molar-refractivity contribution in [2.24, 2.45) is 0 Å². The quantitative estimate of drug-likeness (QED) is 0.193. The summed E-state index contributed by atoms with van der Waals surface area (Å²) in [5.74, 6) is 1.02. The van der Waals surface area contributed by atoms with Crippen LogP contribution in [0.5, 0.6) is 0 Å². The second kappa shape index (κ2) is 9.14. The van der Waals surface area contributed by atoms with E-state index < -0.39 is 0 Å². The van der Waals surface area contributed by atoms with Crippen LogP contribution in [-0.2, 0) is 6.54 Å². The van der Waals surface area contributed by atoms with E-state index in [0.29, 0.717) is 0 Å². The average molecular weight is 573 g/mol. The number of aryl methyl sites for hydroxylation is 1. The Morgan fingerprint density at radius 3 is 1.67 bits per heavy atom. The molecule has 1 aromatic heterocycles. The first-order valence-corrected chi connectivity index (χ1v) is 15.8. The van der Waals surface area contributed by atoms with Crippen molar-refractivity contribution in [2.45, 2.75) is 13.5 Å². The molecule has 0 aliphatic carbocycles.